The van der Waals surface area contributed by atoms with E-state index >= 15 is 0 Å². The Morgan fingerprint density at radius 1 is 0.840 bits per heavy atom. The molecule has 0 aliphatic rings. The third-order valence-corrected chi connectivity index (χ3v) is 4.15. The van der Waals surface area contributed by atoms with Crippen LogP contribution in [0.2, 0.25) is 0 Å². The Morgan fingerprint density at radius 3 is 2.28 bits per heavy atom. The zero-order valence-electron chi connectivity index (χ0n) is 14.3. The van der Waals surface area contributed by atoms with Crippen molar-refractivity contribution in [3.63, 3.8) is 0 Å². The molecule has 0 aliphatic carbocycles. The van der Waals surface area contributed by atoms with Crippen molar-refractivity contribution in [2.24, 2.45) is 0 Å². The van der Waals surface area contributed by atoms with Crippen LogP contribution >= 0.6 is 0 Å². The Balaban J connectivity index is 1.67. The van der Waals surface area contributed by atoms with Gasteiger partial charge in [0.25, 0.3) is 0 Å². The molecule has 3 aromatic rings. The third kappa shape index (κ3) is 4.60. The molecule has 0 spiro atoms. The minimum atomic E-state index is -0.233. The van der Waals surface area contributed by atoms with E-state index in [4.69, 9.17) is 4.74 Å². The molecule has 128 valence electrons. The number of halogens is 1. The monoisotopic (exact) mass is 335 g/mol. The van der Waals surface area contributed by atoms with E-state index in [1.807, 2.05) is 24.3 Å². The Kier molecular flexibility index (Phi) is 5.68. The maximum Gasteiger partial charge on any atom is 0.124 e. The van der Waals surface area contributed by atoms with Crippen molar-refractivity contribution in [2.45, 2.75) is 26.5 Å². The van der Waals surface area contributed by atoms with Crippen LogP contribution in [0.1, 0.15) is 23.6 Å². The fourth-order valence-corrected chi connectivity index (χ4v) is 2.72. The van der Waals surface area contributed by atoms with Crippen LogP contribution in [0.5, 0.6) is 5.75 Å². The van der Waals surface area contributed by atoms with Crippen LogP contribution in [0.15, 0.2) is 72.8 Å². The van der Waals surface area contributed by atoms with E-state index in [-0.39, 0.29) is 5.82 Å². The molecule has 1 N–H and O–H groups in total. The molecule has 0 saturated heterocycles. The predicted molar refractivity (Wildman–Crippen MR) is 100 cm³/mol. The molecule has 3 heteroatoms. The summed E-state index contributed by atoms with van der Waals surface area (Å²) in [7, 11) is 0. The Hall–Kier alpha value is -2.81. The fraction of sp³-hybridized carbons (Fsp3) is 0.182. The zero-order chi connectivity index (χ0) is 17.5. The summed E-state index contributed by atoms with van der Waals surface area (Å²) in [5.41, 5.74) is 4.49. The summed E-state index contributed by atoms with van der Waals surface area (Å²) in [4.78, 5) is 0. The number of nitrogens with one attached hydrogen (secondary N) is 1. The van der Waals surface area contributed by atoms with Gasteiger partial charge in [0.05, 0.1) is 0 Å². The standard InChI is InChI=1S/C22H22FNO/c1-2-18-7-3-5-9-21(18)24-15-19-8-4-6-10-22(19)25-16-17-11-13-20(23)14-12-17/h3-14,24H,2,15-16H2,1H3. The molecule has 0 fully saturated rings. The largest absolute Gasteiger partial charge is 0.489 e. The van der Waals surface area contributed by atoms with Crippen LogP contribution in [0, 0.1) is 5.82 Å². The van der Waals surface area contributed by atoms with E-state index in [1.165, 1.54) is 17.7 Å². The number of aryl methyl sites for hydroxylation is 1. The van der Waals surface area contributed by atoms with Crippen LogP contribution < -0.4 is 10.1 Å². The lowest BCUT2D eigenvalue weighted by Crippen LogP contribution is -2.05. The molecule has 0 saturated carbocycles. The first kappa shape index (κ1) is 17.0. The molecular formula is C22H22FNO. The number of hydrogen-bond acceptors (Lipinski definition) is 2. The smallest absolute Gasteiger partial charge is 0.124 e. The van der Waals surface area contributed by atoms with Crippen molar-refractivity contribution < 1.29 is 9.13 Å². The van der Waals surface area contributed by atoms with Crippen LogP contribution in [0.25, 0.3) is 0 Å². The SMILES string of the molecule is CCc1ccccc1NCc1ccccc1OCc1ccc(F)cc1. The average Bonchev–Trinajstić information content (AvgIpc) is 2.67. The van der Waals surface area contributed by atoms with Gasteiger partial charge in [-0.3, -0.25) is 0 Å². The van der Waals surface area contributed by atoms with Gasteiger partial charge in [0.1, 0.15) is 18.2 Å². The molecule has 0 bridgehead atoms. The predicted octanol–water partition coefficient (Wildman–Crippen LogP) is 5.58. The van der Waals surface area contributed by atoms with E-state index in [1.54, 1.807) is 12.1 Å². The van der Waals surface area contributed by atoms with Gasteiger partial charge in [0, 0.05) is 17.8 Å². The van der Waals surface area contributed by atoms with Crippen molar-refractivity contribution in [1.29, 1.82) is 0 Å². The highest BCUT2D eigenvalue weighted by Crippen LogP contribution is 2.22. The van der Waals surface area contributed by atoms with E-state index in [2.05, 4.69) is 36.5 Å². The molecule has 2 nitrogen and oxygen atoms in total. The summed E-state index contributed by atoms with van der Waals surface area (Å²) in [6.07, 6.45) is 0.992. The summed E-state index contributed by atoms with van der Waals surface area (Å²) in [6.45, 7) is 3.26. The lowest BCUT2D eigenvalue weighted by molar-refractivity contribution is 0.303. The molecule has 3 aromatic carbocycles. The zero-order valence-corrected chi connectivity index (χ0v) is 14.3. The molecule has 0 heterocycles. The van der Waals surface area contributed by atoms with Gasteiger partial charge in [-0.15, -0.1) is 0 Å². The third-order valence-electron chi connectivity index (χ3n) is 4.15. The van der Waals surface area contributed by atoms with Crippen molar-refractivity contribution in [1.82, 2.24) is 0 Å². The van der Waals surface area contributed by atoms with Gasteiger partial charge in [-0.1, -0.05) is 55.5 Å². The van der Waals surface area contributed by atoms with Gasteiger partial charge in [-0.2, -0.15) is 0 Å². The summed E-state index contributed by atoms with van der Waals surface area (Å²) in [6, 6.07) is 22.7. The van der Waals surface area contributed by atoms with Gasteiger partial charge >= 0.3 is 0 Å². The molecule has 0 unspecified atom stereocenters. The number of hydrogen-bond donors (Lipinski definition) is 1. The van der Waals surface area contributed by atoms with Crippen molar-refractivity contribution in [3.05, 3.63) is 95.3 Å². The highest BCUT2D eigenvalue weighted by molar-refractivity contribution is 5.52. The molecule has 25 heavy (non-hydrogen) atoms. The van der Waals surface area contributed by atoms with Gasteiger partial charge < -0.3 is 10.1 Å². The van der Waals surface area contributed by atoms with E-state index in [0.717, 1.165) is 29.0 Å². The lowest BCUT2D eigenvalue weighted by Gasteiger charge is -2.14. The van der Waals surface area contributed by atoms with Gasteiger partial charge in [-0.25, -0.2) is 4.39 Å². The molecule has 3 rings (SSSR count). The van der Waals surface area contributed by atoms with Crippen LogP contribution in [0.3, 0.4) is 0 Å². The van der Waals surface area contributed by atoms with Gasteiger partial charge in [-0.05, 0) is 41.8 Å². The first-order valence-corrected chi connectivity index (χ1v) is 8.53. The van der Waals surface area contributed by atoms with Crippen molar-refractivity contribution in [3.8, 4) is 5.75 Å². The van der Waals surface area contributed by atoms with Crippen molar-refractivity contribution in [2.75, 3.05) is 5.32 Å². The lowest BCUT2D eigenvalue weighted by atomic mass is 10.1. The highest BCUT2D eigenvalue weighted by Gasteiger charge is 2.05. The van der Waals surface area contributed by atoms with Gasteiger partial charge in [0.2, 0.25) is 0 Å². The molecule has 0 amide bonds. The summed E-state index contributed by atoms with van der Waals surface area (Å²) in [5.74, 6) is 0.608. The van der Waals surface area contributed by atoms with E-state index in [0.29, 0.717) is 13.2 Å². The second-order valence-corrected chi connectivity index (χ2v) is 5.89. The van der Waals surface area contributed by atoms with Crippen LogP contribution in [-0.2, 0) is 19.6 Å². The minimum absolute atomic E-state index is 0.233. The number of benzene rings is 3. The van der Waals surface area contributed by atoms with E-state index < -0.39 is 0 Å². The molecule has 0 radical (unpaired) electrons. The Morgan fingerprint density at radius 2 is 1.52 bits per heavy atom. The minimum Gasteiger partial charge on any atom is -0.489 e. The van der Waals surface area contributed by atoms with Crippen LogP contribution in [0.4, 0.5) is 10.1 Å². The van der Waals surface area contributed by atoms with Crippen molar-refractivity contribution >= 4 is 5.69 Å². The number of anilines is 1. The van der Waals surface area contributed by atoms with Gasteiger partial charge in [0.15, 0.2) is 0 Å². The maximum atomic E-state index is 13.0. The van der Waals surface area contributed by atoms with Crippen LogP contribution in [-0.4, -0.2) is 0 Å². The molecule has 0 aliphatic heterocycles. The maximum absolute atomic E-state index is 13.0. The summed E-state index contributed by atoms with van der Waals surface area (Å²) in [5, 5.41) is 3.50. The first-order chi connectivity index (χ1) is 12.3. The van der Waals surface area contributed by atoms with E-state index in [9.17, 15) is 4.39 Å². The topological polar surface area (TPSA) is 21.3 Å². The summed E-state index contributed by atoms with van der Waals surface area (Å²) < 4.78 is 18.9. The average molecular weight is 335 g/mol. The quantitative estimate of drug-likeness (QED) is 0.608. The Bertz CT molecular complexity index is 814. The second kappa shape index (κ2) is 8.34. The summed E-state index contributed by atoms with van der Waals surface area (Å²) >= 11 is 0. The number of rotatable bonds is 7. The first-order valence-electron chi connectivity index (χ1n) is 8.53. The molecule has 0 aromatic heterocycles. The highest BCUT2D eigenvalue weighted by atomic mass is 19.1. The normalized spacial score (nSPS) is 10.5. The Labute approximate surface area is 148 Å². The molecular weight excluding hydrogens is 313 g/mol. The second-order valence-electron chi connectivity index (χ2n) is 5.89. The molecule has 0 atom stereocenters. The fourth-order valence-electron chi connectivity index (χ4n) is 2.72. The number of para-hydroxylation sites is 2. The number of ether oxygens (including phenoxy) is 1.